The summed E-state index contributed by atoms with van der Waals surface area (Å²) in [7, 11) is 1.99. The molecule has 0 saturated heterocycles. The maximum Gasteiger partial charge on any atom is 0.0521 e. The molecule has 0 aliphatic heterocycles. The molecule has 0 amide bonds. The molecule has 5 rings (SSSR count). The summed E-state index contributed by atoms with van der Waals surface area (Å²) < 4.78 is 1.89. The standard InChI is InChI=1S/C17H27N3/c1-20-11-12(10-19-20)2-3-16(18)17-7-13-4-14(8-17)6-15(5-13)9-17/h10-11,13-16H,2-9,18H2,1H3. The first kappa shape index (κ1) is 12.9. The van der Waals surface area contributed by atoms with Crippen molar-refractivity contribution in [3.05, 3.63) is 18.0 Å². The van der Waals surface area contributed by atoms with Gasteiger partial charge in [-0.15, -0.1) is 0 Å². The molecule has 1 unspecified atom stereocenters. The van der Waals surface area contributed by atoms with Crippen LogP contribution in [0.2, 0.25) is 0 Å². The van der Waals surface area contributed by atoms with E-state index in [-0.39, 0.29) is 0 Å². The smallest absolute Gasteiger partial charge is 0.0521 e. The van der Waals surface area contributed by atoms with Gasteiger partial charge in [0.15, 0.2) is 0 Å². The van der Waals surface area contributed by atoms with Gasteiger partial charge < -0.3 is 5.73 Å². The number of hydrogen-bond acceptors (Lipinski definition) is 2. The summed E-state index contributed by atoms with van der Waals surface area (Å²) in [6.45, 7) is 0. The number of rotatable bonds is 4. The zero-order valence-corrected chi connectivity index (χ0v) is 12.6. The summed E-state index contributed by atoms with van der Waals surface area (Å²) in [4.78, 5) is 0. The molecule has 0 spiro atoms. The summed E-state index contributed by atoms with van der Waals surface area (Å²) in [5, 5.41) is 4.26. The van der Waals surface area contributed by atoms with Gasteiger partial charge in [-0.2, -0.15) is 5.10 Å². The number of hydrogen-bond donors (Lipinski definition) is 1. The van der Waals surface area contributed by atoms with Crippen LogP contribution in [0.25, 0.3) is 0 Å². The van der Waals surface area contributed by atoms with Crippen LogP contribution in [0.5, 0.6) is 0 Å². The van der Waals surface area contributed by atoms with E-state index in [4.69, 9.17) is 5.73 Å². The van der Waals surface area contributed by atoms with Crippen molar-refractivity contribution < 1.29 is 0 Å². The number of aryl methyl sites for hydroxylation is 2. The van der Waals surface area contributed by atoms with Crippen LogP contribution in [0.1, 0.15) is 50.5 Å². The Kier molecular flexibility index (Phi) is 2.95. The van der Waals surface area contributed by atoms with Crippen LogP contribution in [0.4, 0.5) is 0 Å². The summed E-state index contributed by atoms with van der Waals surface area (Å²) in [5.41, 5.74) is 8.54. The topological polar surface area (TPSA) is 43.8 Å². The van der Waals surface area contributed by atoms with Crippen LogP contribution in [0.3, 0.4) is 0 Å². The Hall–Kier alpha value is -0.830. The van der Waals surface area contributed by atoms with Gasteiger partial charge in [-0.1, -0.05) is 0 Å². The van der Waals surface area contributed by atoms with Crippen molar-refractivity contribution in [2.75, 3.05) is 0 Å². The van der Waals surface area contributed by atoms with Crippen LogP contribution in [-0.4, -0.2) is 15.8 Å². The summed E-state index contributed by atoms with van der Waals surface area (Å²) >= 11 is 0. The molecule has 110 valence electrons. The van der Waals surface area contributed by atoms with Crippen molar-refractivity contribution in [1.82, 2.24) is 9.78 Å². The summed E-state index contributed by atoms with van der Waals surface area (Å²) in [6, 6.07) is 0.399. The van der Waals surface area contributed by atoms with E-state index in [0.717, 1.165) is 30.6 Å². The van der Waals surface area contributed by atoms with E-state index in [0.29, 0.717) is 11.5 Å². The van der Waals surface area contributed by atoms with E-state index in [1.165, 1.54) is 44.1 Å². The Morgan fingerprint density at radius 1 is 1.25 bits per heavy atom. The molecule has 1 heterocycles. The molecule has 4 aliphatic rings. The average molecular weight is 273 g/mol. The molecule has 3 heteroatoms. The van der Waals surface area contributed by atoms with Gasteiger partial charge in [0.1, 0.15) is 0 Å². The lowest BCUT2D eigenvalue weighted by Gasteiger charge is -2.59. The third-order valence-corrected chi connectivity index (χ3v) is 6.37. The Morgan fingerprint density at radius 2 is 1.85 bits per heavy atom. The fourth-order valence-electron chi connectivity index (χ4n) is 5.86. The van der Waals surface area contributed by atoms with Gasteiger partial charge in [0.2, 0.25) is 0 Å². The van der Waals surface area contributed by atoms with E-state index in [9.17, 15) is 0 Å². The van der Waals surface area contributed by atoms with Crippen molar-refractivity contribution in [3.63, 3.8) is 0 Å². The molecule has 4 fully saturated rings. The van der Waals surface area contributed by atoms with Gasteiger partial charge in [0.25, 0.3) is 0 Å². The fraction of sp³-hybridized carbons (Fsp3) is 0.824. The molecule has 0 aromatic carbocycles. The average Bonchev–Trinajstić information content (AvgIpc) is 2.80. The Balaban J connectivity index is 1.44. The molecule has 4 aliphatic carbocycles. The monoisotopic (exact) mass is 273 g/mol. The van der Waals surface area contributed by atoms with Gasteiger partial charge in [0, 0.05) is 19.3 Å². The highest BCUT2D eigenvalue weighted by Crippen LogP contribution is 2.61. The van der Waals surface area contributed by atoms with Crippen LogP contribution >= 0.6 is 0 Å². The molecule has 4 saturated carbocycles. The molecule has 0 radical (unpaired) electrons. The molecular weight excluding hydrogens is 246 g/mol. The first-order valence-corrected chi connectivity index (χ1v) is 8.36. The second-order valence-electron chi connectivity index (χ2n) is 7.95. The molecule has 1 aromatic heterocycles. The summed E-state index contributed by atoms with van der Waals surface area (Å²) in [6.07, 6.45) is 15.2. The Morgan fingerprint density at radius 3 is 2.35 bits per heavy atom. The van der Waals surface area contributed by atoms with Crippen molar-refractivity contribution in [1.29, 1.82) is 0 Å². The van der Waals surface area contributed by atoms with E-state index >= 15 is 0 Å². The van der Waals surface area contributed by atoms with Gasteiger partial charge in [-0.25, -0.2) is 0 Å². The number of nitrogens with two attached hydrogens (primary N) is 1. The molecule has 2 N–H and O–H groups in total. The van der Waals surface area contributed by atoms with Crippen molar-refractivity contribution in [2.45, 2.75) is 57.4 Å². The van der Waals surface area contributed by atoms with E-state index in [1.54, 1.807) is 0 Å². The van der Waals surface area contributed by atoms with Crippen LogP contribution in [-0.2, 0) is 13.5 Å². The SMILES string of the molecule is Cn1cc(CCC(N)C23CC4CC(CC(C4)C2)C3)cn1. The zero-order chi connectivity index (χ0) is 13.7. The number of nitrogens with zero attached hydrogens (tertiary/aromatic N) is 2. The first-order chi connectivity index (χ1) is 9.63. The highest BCUT2D eigenvalue weighted by molar-refractivity contribution is 5.08. The molecule has 20 heavy (non-hydrogen) atoms. The Bertz CT molecular complexity index is 455. The third-order valence-electron chi connectivity index (χ3n) is 6.37. The van der Waals surface area contributed by atoms with E-state index in [2.05, 4.69) is 11.3 Å². The second-order valence-corrected chi connectivity index (χ2v) is 7.95. The molecule has 3 nitrogen and oxygen atoms in total. The van der Waals surface area contributed by atoms with Crippen molar-refractivity contribution in [2.24, 2.45) is 36.0 Å². The predicted octanol–water partition coefficient (Wildman–Crippen LogP) is 2.90. The highest BCUT2D eigenvalue weighted by atomic mass is 15.2. The minimum absolute atomic E-state index is 0.399. The predicted molar refractivity (Wildman–Crippen MR) is 80.1 cm³/mol. The molecule has 1 aromatic rings. The van der Waals surface area contributed by atoms with Gasteiger partial charge in [-0.05, 0) is 80.1 Å². The molecular formula is C17H27N3. The first-order valence-electron chi connectivity index (χ1n) is 8.36. The zero-order valence-electron chi connectivity index (χ0n) is 12.6. The normalized spacial score (nSPS) is 40.2. The Labute approximate surface area is 121 Å². The van der Waals surface area contributed by atoms with Crippen molar-refractivity contribution in [3.8, 4) is 0 Å². The quantitative estimate of drug-likeness (QED) is 0.916. The largest absolute Gasteiger partial charge is 0.327 e. The van der Waals surface area contributed by atoms with E-state index in [1.807, 2.05) is 17.9 Å². The van der Waals surface area contributed by atoms with Gasteiger partial charge in [0.05, 0.1) is 6.20 Å². The molecule has 4 bridgehead atoms. The lowest BCUT2D eigenvalue weighted by Crippen LogP contribution is -2.54. The lowest BCUT2D eigenvalue weighted by molar-refractivity contribution is -0.0680. The maximum atomic E-state index is 6.70. The van der Waals surface area contributed by atoms with Crippen LogP contribution < -0.4 is 5.73 Å². The highest BCUT2D eigenvalue weighted by Gasteiger charge is 2.53. The van der Waals surface area contributed by atoms with Gasteiger partial charge >= 0.3 is 0 Å². The fourth-order valence-corrected chi connectivity index (χ4v) is 5.86. The minimum atomic E-state index is 0.399. The van der Waals surface area contributed by atoms with Crippen LogP contribution in [0.15, 0.2) is 12.4 Å². The van der Waals surface area contributed by atoms with Crippen molar-refractivity contribution >= 4 is 0 Å². The van der Waals surface area contributed by atoms with E-state index < -0.39 is 0 Å². The third kappa shape index (κ3) is 2.11. The van der Waals surface area contributed by atoms with Gasteiger partial charge in [-0.3, -0.25) is 4.68 Å². The maximum absolute atomic E-state index is 6.70. The second kappa shape index (κ2) is 4.59. The van der Waals surface area contributed by atoms with Crippen LogP contribution in [0, 0.1) is 23.2 Å². The lowest BCUT2D eigenvalue weighted by atomic mass is 9.47. The molecule has 1 atom stereocenters. The minimum Gasteiger partial charge on any atom is -0.327 e. The number of aromatic nitrogens is 2. The summed E-state index contributed by atoms with van der Waals surface area (Å²) in [5.74, 6) is 3.02.